The topological polar surface area (TPSA) is 61.6 Å². The molecule has 1 unspecified atom stereocenters. The lowest BCUT2D eigenvalue weighted by Gasteiger charge is -2.23. The number of rotatable bonds is 1. The Hall–Kier alpha value is -1.42. The van der Waals surface area contributed by atoms with Crippen LogP contribution in [0, 0.1) is 0 Å². The number of primary amides is 1. The molecule has 0 spiro atoms. The van der Waals surface area contributed by atoms with Crippen LogP contribution in [0.5, 0.6) is 11.5 Å². The molecule has 5 heteroatoms. The number of ether oxygens (including phenoxy) is 2. The van der Waals surface area contributed by atoms with Gasteiger partial charge in [0, 0.05) is 0 Å². The molecule has 2 N–H and O–H groups in total. The lowest BCUT2D eigenvalue weighted by molar-refractivity contribution is -0.127. The van der Waals surface area contributed by atoms with Gasteiger partial charge in [-0.3, -0.25) is 4.79 Å². The van der Waals surface area contributed by atoms with Crippen LogP contribution < -0.4 is 15.2 Å². The zero-order chi connectivity index (χ0) is 9.26. The minimum Gasteiger partial charge on any atom is -0.485 e. The normalized spacial score (nSPS) is 18.1. The van der Waals surface area contributed by atoms with Crippen molar-refractivity contribution in [2.24, 2.45) is 5.73 Å². The molecule has 0 radical (unpaired) electrons. The van der Waals surface area contributed by atoms with Gasteiger partial charge in [-0.05, 0) is 12.1 Å². The van der Waals surface area contributed by atoms with Crippen LogP contribution in [-0.4, -0.2) is 18.6 Å². The number of hydrogen-bond donors (Lipinski definition) is 1. The number of para-hydroxylation sites is 2. The van der Waals surface area contributed by atoms with Gasteiger partial charge in [0.2, 0.25) is 6.10 Å². The van der Waals surface area contributed by atoms with Crippen molar-refractivity contribution >= 4 is 18.3 Å². The highest BCUT2D eigenvalue weighted by molar-refractivity contribution is 5.85. The maximum Gasteiger partial charge on any atom is 0.262 e. The third-order valence-electron chi connectivity index (χ3n) is 1.83. The van der Waals surface area contributed by atoms with Crippen molar-refractivity contribution in [3.63, 3.8) is 0 Å². The minimum atomic E-state index is -0.671. The fraction of sp³-hybridized carbons (Fsp3) is 0.222. The van der Waals surface area contributed by atoms with Crippen LogP contribution in [0.2, 0.25) is 0 Å². The van der Waals surface area contributed by atoms with E-state index in [0.717, 1.165) is 0 Å². The average molecular weight is 216 g/mol. The van der Waals surface area contributed by atoms with Crippen LogP contribution in [0.25, 0.3) is 0 Å². The van der Waals surface area contributed by atoms with E-state index in [2.05, 4.69) is 0 Å². The van der Waals surface area contributed by atoms with Gasteiger partial charge in [0.15, 0.2) is 11.5 Å². The van der Waals surface area contributed by atoms with Gasteiger partial charge in [0.1, 0.15) is 6.61 Å². The molecule has 0 bridgehead atoms. The predicted molar refractivity (Wildman–Crippen MR) is 52.8 cm³/mol. The smallest absolute Gasteiger partial charge is 0.262 e. The Morgan fingerprint density at radius 3 is 2.64 bits per heavy atom. The summed E-state index contributed by atoms with van der Waals surface area (Å²) >= 11 is 0. The molecule has 1 aromatic rings. The van der Waals surface area contributed by atoms with E-state index in [1.165, 1.54) is 0 Å². The molecule has 4 nitrogen and oxygen atoms in total. The van der Waals surface area contributed by atoms with Crippen molar-refractivity contribution in [3.05, 3.63) is 24.3 Å². The van der Waals surface area contributed by atoms with Crippen LogP contribution in [0.15, 0.2) is 24.3 Å². The molecular weight excluding hydrogens is 206 g/mol. The summed E-state index contributed by atoms with van der Waals surface area (Å²) in [4.78, 5) is 10.8. The Labute approximate surface area is 87.4 Å². The first-order valence-electron chi connectivity index (χ1n) is 3.95. The van der Waals surface area contributed by atoms with E-state index in [0.29, 0.717) is 11.5 Å². The summed E-state index contributed by atoms with van der Waals surface area (Å²) in [6.45, 7) is 0.187. The largest absolute Gasteiger partial charge is 0.485 e. The second kappa shape index (κ2) is 4.19. The third-order valence-corrected chi connectivity index (χ3v) is 1.83. The summed E-state index contributed by atoms with van der Waals surface area (Å²) in [5.41, 5.74) is 5.08. The molecule has 2 rings (SSSR count). The number of halogens is 1. The van der Waals surface area contributed by atoms with E-state index in [-0.39, 0.29) is 19.0 Å². The number of nitrogens with two attached hydrogens (primary N) is 1. The summed E-state index contributed by atoms with van der Waals surface area (Å²) in [5, 5.41) is 0. The van der Waals surface area contributed by atoms with Gasteiger partial charge in [-0.15, -0.1) is 12.4 Å². The third kappa shape index (κ3) is 1.90. The van der Waals surface area contributed by atoms with E-state index in [1.54, 1.807) is 12.1 Å². The molecule has 14 heavy (non-hydrogen) atoms. The molecule has 1 aliphatic heterocycles. The number of benzene rings is 1. The summed E-state index contributed by atoms with van der Waals surface area (Å²) in [6, 6.07) is 7.18. The zero-order valence-electron chi connectivity index (χ0n) is 7.30. The average Bonchev–Trinajstić information content (AvgIpc) is 2.17. The Balaban J connectivity index is 0.000000980. The molecular formula is C9H10ClNO3. The summed E-state index contributed by atoms with van der Waals surface area (Å²) < 4.78 is 10.6. The Kier molecular flexibility index (Phi) is 3.19. The van der Waals surface area contributed by atoms with Gasteiger partial charge >= 0.3 is 0 Å². The van der Waals surface area contributed by atoms with Crippen molar-refractivity contribution in [2.45, 2.75) is 6.10 Å². The van der Waals surface area contributed by atoms with E-state index in [1.807, 2.05) is 12.1 Å². The summed E-state index contributed by atoms with van der Waals surface area (Å²) in [5.74, 6) is 0.715. The van der Waals surface area contributed by atoms with Gasteiger partial charge in [-0.2, -0.15) is 0 Å². The molecule has 1 aliphatic rings. The number of carbonyl (C=O) groups is 1. The molecule has 1 amide bonds. The fourth-order valence-electron chi connectivity index (χ4n) is 1.16. The van der Waals surface area contributed by atoms with Crippen molar-refractivity contribution in [3.8, 4) is 11.5 Å². The van der Waals surface area contributed by atoms with Crippen molar-refractivity contribution in [1.82, 2.24) is 0 Å². The highest BCUT2D eigenvalue weighted by atomic mass is 35.5. The zero-order valence-corrected chi connectivity index (χ0v) is 8.12. The summed E-state index contributed by atoms with van der Waals surface area (Å²) in [7, 11) is 0. The second-order valence-corrected chi connectivity index (χ2v) is 2.77. The monoisotopic (exact) mass is 215 g/mol. The lowest BCUT2D eigenvalue weighted by Crippen LogP contribution is -2.40. The number of carbonyl (C=O) groups excluding carboxylic acids is 1. The first-order chi connectivity index (χ1) is 6.27. The number of amides is 1. The lowest BCUT2D eigenvalue weighted by atomic mass is 10.2. The molecule has 1 atom stereocenters. The Morgan fingerprint density at radius 2 is 2.00 bits per heavy atom. The quantitative estimate of drug-likeness (QED) is 0.752. The van der Waals surface area contributed by atoms with E-state index in [9.17, 15) is 4.79 Å². The fourth-order valence-corrected chi connectivity index (χ4v) is 1.16. The molecule has 1 aromatic carbocycles. The minimum absolute atomic E-state index is 0. The number of fused-ring (bicyclic) bond motifs is 1. The van der Waals surface area contributed by atoms with Gasteiger partial charge in [0.05, 0.1) is 0 Å². The SMILES string of the molecule is Cl.NC(=O)C1COc2ccccc2O1. The standard InChI is InChI=1S/C9H9NO3.ClH/c10-9(11)8-5-12-6-3-1-2-4-7(6)13-8;/h1-4,8H,5H2,(H2,10,11);1H. The van der Waals surface area contributed by atoms with Crippen molar-refractivity contribution in [2.75, 3.05) is 6.61 Å². The first kappa shape index (κ1) is 10.7. The van der Waals surface area contributed by atoms with Crippen LogP contribution in [0.1, 0.15) is 0 Å². The van der Waals surface area contributed by atoms with Gasteiger partial charge in [0.25, 0.3) is 5.91 Å². The predicted octanol–water partition coefficient (Wildman–Crippen LogP) is 0.734. The van der Waals surface area contributed by atoms with Gasteiger partial charge < -0.3 is 15.2 Å². The highest BCUT2D eigenvalue weighted by Gasteiger charge is 2.24. The Bertz CT molecular complexity index is 343. The maximum absolute atomic E-state index is 10.8. The van der Waals surface area contributed by atoms with Gasteiger partial charge in [-0.1, -0.05) is 12.1 Å². The van der Waals surface area contributed by atoms with Gasteiger partial charge in [-0.25, -0.2) is 0 Å². The first-order valence-corrected chi connectivity index (χ1v) is 3.95. The van der Waals surface area contributed by atoms with Crippen molar-refractivity contribution < 1.29 is 14.3 Å². The van der Waals surface area contributed by atoms with Crippen LogP contribution in [-0.2, 0) is 4.79 Å². The summed E-state index contributed by atoms with van der Waals surface area (Å²) in [6.07, 6.45) is -0.671. The van der Waals surface area contributed by atoms with Crippen LogP contribution in [0.3, 0.4) is 0 Å². The van der Waals surface area contributed by atoms with Crippen LogP contribution in [0.4, 0.5) is 0 Å². The second-order valence-electron chi connectivity index (χ2n) is 2.77. The van der Waals surface area contributed by atoms with E-state index < -0.39 is 12.0 Å². The molecule has 0 saturated heterocycles. The number of hydrogen-bond acceptors (Lipinski definition) is 3. The maximum atomic E-state index is 10.8. The Morgan fingerprint density at radius 1 is 1.36 bits per heavy atom. The van der Waals surface area contributed by atoms with E-state index >= 15 is 0 Å². The van der Waals surface area contributed by atoms with Crippen molar-refractivity contribution in [1.29, 1.82) is 0 Å². The molecule has 0 aliphatic carbocycles. The molecule has 1 heterocycles. The molecule has 0 saturated carbocycles. The molecule has 0 aromatic heterocycles. The molecule has 76 valence electrons. The molecule has 0 fully saturated rings. The van der Waals surface area contributed by atoms with E-state index in [4.69, 9.17) is 15.2 Å². The highest BCUT2D eigenvalue weighted by Crippen LogP contribution is 2.30. The van der Waals surface area contributed by atoms with Crippen LogP contribution >= 0.6 is 12.4 Å².